The smallest absolute Gasteiger partial charge is 0.173 e. The fraction of sp³-hybridized carbons (Fsp3) is 0. The van der Waals surface area contributed by atoms with Crippen molar-refractivity contribution < 1.29 is 22.4 Å². The first-order valence-corrected chi connectivity index (χ1v) is 1.02. The Morgan fingerprint density at radius 3 is 1.00 bits per heavy atom. The van der Waals surface area contributed by atoms with Gasteiger partial charge in [0.1, 0.15) is 0 Å². The van der Waals surface area contributed by atoms with E-state index in [9.17, 15) is 0 Å². The van der Waals surface area contributed by atoms with Gasteiger partial charge in [0.05, 0.1) is 0 Å². The molecule has 0 aliphatic rings. The monoisotopic (exact) mass is 191 g/mol. The third-order valence-electron chi connectivity index (χ3n) is 0. The SMILES string of the molecule is N#CN.N#CN.[Ag]. The maximum Gasteiger partial charge on any atom is 0.173 e. The van der Waals surface area contributed by atoms with Crippen molar-refractivity contribution in [1.29, 1.82) is 10.5 Å². The summed E-state index contributed by atoms with van der Waals surface area (Å²) < 4.78 is 0. The van der Waals surface area contributed by atoms with Crippen molar-refractivity contribution in [3.05, 3.63) is 0 Å². The molecule has 0 spiro atoms. The molecule has 1 radical (unpaired) electrons. The molecule has 0 aromatic heterocycles. The molecule has 0 amide bonds. The van der Waals surface area contributed by atoms with Crippen molar-refractivity contribution in [1.82, 2.24) is 0 Å². The number of hydrogen-bond acceptors (Lipinski definition) is 4. The van der Waals surface area contributed by atoms with Crippen LogP contribution < -0.4 is 11.5 Å². The quantitative estimate of drug-likeness (QED) is 0.287. The summed E-state index contributed by atoms with van der Waals surface area (Å²) >= 11 is 0. The van der Waals surface area contributed by atoms with Crippen LogP contribution in [0.15, 0.2) is 0 Å². The van der Waals surface area contributed by atoms with Crippen LogP contribution >= 0.6 is 0 Å². The van der Waals surface area contributed by atoms with E-state index in [4.69, 9.17) is 10.5 Å². The maximum absolute atomic E-state index is 7.10. The number of nitrogens with two attached hydrogens (primary N) is 2. The molecule has 0 heterocycles. The summed E-state index contributed by atoms with van der Waals surface area (Å²) in [4.78, 5) is 0. The van der Waals surface area contributed by atoms with Gasteiger partial charge in [0.2, 0.25) is 0 Å². The Morgan fingerprint density at radius 1 is 1.00 bits per heavy atom. The third-order valence-corrected chi connectivity index (χ3v) is 0. The van der Waals surface area contributed by atoms with Gasteiger partial charge in [-0.25, -0.2) is 0 Å². The molecule has 7 heavy (non-hydrogen) atoms. The first-order chi connectivity index (χ1) is 2.83. The van der Waals surface area contributed by atoms with Crippen molar-refractivity contribution in [2.45, 2.75) is 0 Å². The fourth-order valence-electron chi connectivity index (χ4n) is 0. The average molecular weight is 192 g/mol. The molecule has 0 fully saturated rings. The van der Waals surface area contributed by atoms with Crippen LogP contribution in [0, 0.1) is 22.9 Å². The molecule has 4 nitrogen and oxygen atoms in total. The number of rotatable bonds is 0. The first kappa shape index (κ1) is 16.2. The number of hydrogen-bond donors (Lipinski definition) is 2. The van der Waals surface area contributed by atoms with E-state index in [0.29, 0.717) is 0 Å². The zero-order valence-corrected chi connectivity index (χ0v) is 4.83. The molecule has 0 unspecified atom stereocenters. The molecule has 4 N–H and O–H groups in total. The molecular formula is C2H4AgN4. The molecule has 0 saturated carbocycles. The summed E-state index contributed by atoms with van der Waals surface area (Å²) in [6.45, 7) is 0. The van der Waals surface area contributed by atoms with E-state index < -0.39 is 0 Å². The van der Waals surface area contributed by atoms with Gasteiger partial charge < -0.3 is 11.5 Å². The Balaban J connectivity index is -0.0000000400. The Kier molecular flexibility index (Phi) is 132. The number of nitriles is 2. The minimum absolute atomic E-state index is 0. The normalized spacial score (nSPS) is 2.00. The Morgan fingerprint density at radius 2 is 1.00 bits per heavy atom. The number of nitrogens with zero attached hydrogens (tertiary/aromatic N) is 2. The molecule has 0 saturated heterocycles. The standard InChI is InChI=1S/2CH2N2.Ag/c2*2-1-3;/h2*2H2;. The van der Waals surface area contributed by atoms with Crippen molar-refractivity contribution >= 4 is 0 Å². The van der Waals surface area contributed by atoms with Gasteiger partial charge >= 0.3 is 0 Å². The van der Waals surface area contributed by atoms with E-state index in [-0.39, 0.29) is 22.4 Å². The fourth-order valence-corrected chi connectivity index (χ4v) is 0. The summed E-state index contributed by atoms with van der Waals surface area (Å²) in [6, 6.07) is 0. The van der Waals surface area contributed by atoms with E-state index in [2.05, 4.69) is 11.5 Å². The second-order valence-electron chi connectivity index (χ2n) is 0.258. The van der Waals surface area contributed by atoms with Crippen LogP contribution in [-0.2, 0) is 22.4 Å². The van der Waals surface area contributed by atoms with Gasteiger partial charge in [0, 0.05) is 22.4 Å². The van der Waals surface area contributed by atoms with Gasteiger partial charge in [-0.3, -0.25) is 0 Å². The molecule has 0 atom stereocenters. The van der Waals surface area contributed by atoms with Crippen LogP contribution in [-0.4, -0.2) is 0 Å². The second kappa shape index (κ2) is 57.0. The predicted molar refractivity (Wildman–Crippen MR) is 19.6 cm³/mol. The second-order valence-corrected chi connectivity index (χ2v) is 0.258. The first-order valence-electron chi connectivity index (χ1n) is 1.02. The van der Waals surface area contributed by atoms with Crippen LogP contribution in [0.1, 0.15) is 0 Å². The van der Waals surface area contributed by atoms with Crippen LogP contribution in [0.2, 0.25) is 0 Å². The summed E-state index contributed by atoms with van der Waals surface area (Å²) in [5.41, 5.74) is 8.31. The van der Waals surface area contributed by atoms with Crippen molar-refractivity contribution in [2.24, 2.45) is 11.5 Å². The van der Waals surface area contributed by atoms with Gasteiger partial charge in [0.25, 0.3) is 0 Å². The molecule has 5 heteroatoms. The minimum atomic E-state index is 0. The molecule has 43 valence electrons. The van der Waals surface area contributed by atoms with Crippen molar-refractivity contribution in [2.75, 3.05) is 0 Å². The largest absolute Gasteiger partial charge is 0.337 e. The molecule has 0 aliphatic heterocycles. The zero-order valence-electron chi connectivity index (χ0n) is 3.35. The van der Waals surface area contributed by atoms with Gasteiger partial charge in [0.15, 0.2) is 12.4 Å². The van der Waals surface area contributed by atoms with Gasteiger partial charge in [-0.15, -0.1) is 0 Å². The topological polar surface area (TPSA) is 99.6 Å². The van der Waals surface area contributed by atoms with Gasteiger partial charge in [-0.2, -0.15) is 10.5 Å². The van der Waals surface area contributed by atoms with Crippen LogP contribution in [0.4, 0.5) is 0 Å². The van der Waals surface area contributed by atoms with E-state index in [1.165, 1.54) is 12.4 Å². The molecule has 0 rings (SSSR count). The van der Waals surface area contributed by atoms with E-state index in [1.54, 1.807) is 0 Å². The van der Waals surface area contributed by atoms with Crippen LogP contribution in [0.25, 0.3) is 0 Å². The van der Waals surface area contributed by atoms with Crippen LogP contribution in [0.5, 0.6) is 0 Å². The van der Waals surface area contributed by atoms with E-state index in [0.717, 1.165) is 0 Å². The summed E-state index contributed by atoms with van der Waals surface area (Å²) in [6.07, 6.45) is 2.50. The Hall–Kier alpha value is -0.680. The molecule has 0 aromatic carbocycles. The third kappa shape index (κ3) is 127. The Bertz CT molecular complexity index is 64.7. The zero-order chi connectivity index (χ0) is 5.41. The predicted octanol–water partition coefficient (Wildman–Crippen LogP) is -1.15. The average Bonchev–Trinajstić information content (AvgIpc) is 1.39. The maximum atomic E-state index is 7.10. The van der Waals surface area contributed by atoms with E-state index in [1.807, 2.05) is 0 Å². The van der Waals surface area contributed by atoms with Gasteiger partial charge in [-0.1, -0.05) is 0 Å². The molecule has 0 bridgehead atoms. The van der Waals surface area contributed by atoms with Crippen molar-refractivity contribution in [3.63, 3.8) is 0 Å². The molecule has 0 aromatic rings. The minimum Gasteiger partial charge on any atom is -0.337 e. The Labute approximate surface area is 57.2 Å². The van der Waals surface area contributed by atoms with Crippen LogP contribution in [0.3, 0.4) is 0 Å². The summed E-state index contributed by atoms with van der Waals surface area (Å²) in [5, 5.41) is 14.2. The summed E-state index contributed by atoms with van der Waals surface area (Å²) in [5.74, 6) is 0. The summed E-state index contributed by atoms with van der Waals surface area (Å²) in [7, 11) is 0. The molecular weight excluding hydrogens is 188 g/mol. The van der Waals surface area contributed by atoms with Gasteiger partial charge in [-0.05, 0) is 0 Å². The van der Waals surface area contributed by atoms with Crippen molar-refractivity contribution in [3.8, 4) is 12.4 Å². The molecule has 0 aliphatic carbocycles. The van der Waals surface area contributed by atoms with E-state index >= 15 is 0 Å².